The van der Waals surface area contributed by atoms with E-state index in [1.165, 1.54) is 11.3 Å². The number of hydrogen-bond donors (Lipinski definition) is 2. The van der Waals surface area contributed by atoms with Crippen LogP contribution in [0, 0.1) is 0 Å². The molecular formula is C10H15ClN4O3S2. The number of carbonyl (C=O) groups excluding carboxylic acids is 1. The van der Waals surface area contributed by atoms with Gasteiger partial charge in [-0.15, -0.1) is 21.8 Å². The van der Waals surface area contributed by atoms with Gasteiger partial charge in [0.05, 0.1) is 22.9 Å². The number of alkyl halides is 1. The number of sulfone groups is 1. The molecule has 0 aliphatic carbocycles. The van der Waals surface area contributed by atoms with Crippen LogP contribution in [-0.4, -0.2) is 47.6 Å². The Hall–Kier alpha value is -0.930. The Balaban J connectivity index is 1.92. The zero-order chi connectivity index (χ0) is 14.9. The van der Waals surface area contributed by atoms with Gasteiger partial charge in [0.1, 0.15) is 5.01 Å². The molecule has 0 aromatic carbocycles. The molecule has 0 bridgehead atoms. The average Bonchev–Trinajstić information content (AvgIpc) is 2.84. The van der Waals surface area contributed by atoms with Gasteiger partial charge in [0, 0.05) is 5.92 Å². The summed E-state index contributed by atoms with van der Waals surface area (Å²) in [7, 11) is -3.17. The van der Waals surface area contributed by atoms with Crippen LogP contribution >= 0.6 is 22.9 Å². The van der Waals surface area contributed by atoms with E-state index in [1.807, 2.05) is 13.8 Å². The molecule has 1 saturated heterocycles. The van der Waals surface area contributed by atoms with E-state index < -0.39 is 27.3 Å². The molecule has 1 aromatic rings. The average molecular weight is 339 g/mol. The van der Waals surface area contributed by atoms with Crippen molar-refractivity contribution >= 4 is 43.9 Å². The summed E-state index contributed by atoms with van der Waals surface area (Å²) < 4.78 is 22.8. The summed E-state index contributed by atoms with van der Waals surface area (Å²) in [5.41, 5.74) is 0. The van der Waals surface area contributed by atoms with E-state index in [-0.39, 0.29) is 17.4 Å². The molecule has 2 rings (SSSR count). The molecule has 0 unspecified atom stereocenters. The van der Waals surface area contributed by atoms with Gasteiger partial charge in [-0.3, -0.25) is 5.32 Å². The number of aromatic nitrogens is 2. The van der Waals surface area contributed by atoms with Gasteiger partial charge in [-0.1, -0.05) is 25.2 Å². The Labute approximate surface area is 126 Å². The highest BCUT2D eigenvalue weighted by Crippen LogP contribution is 2.22. The first-order valence-electron chi connectivity index (χ1n) is 6.02. The largest absolute Gasteiger partial charge is 0.333 e. The molecule has 2 heterocycles. The minimum atomic E-state index is -3.17. The van der Waals surface area contributed by atoms with Crippen molar-refractivity contribution in [3.05, 3.63) is 5.01 Å². The van der Waals surface area contributed by atoms with Crippen LogP contribution in [0.3, 0.4) is 0 Å². The second-order valence-electron chi connectivity index (χ2n) is 4.90. The van der Waals surface area contributed by atoms with E-state index in [0.29, 0.717) is 5.13 Å². The fourth-order valence-electron chi connectivity index (χ4n) is 1.76. The highest BCUT2D eigenvalue weighted by Gasteiger charge is 2.37. The lowest BCUT2D eigenvalue weighted by molar-refractivity contribution is 0.249. The minimum absolute atomic E-state index is 0.115. The van der Waals surface area contributed by atoms with Gasteiger partial charge < -0.3 is 5.32 Å². The third kappa shape index (κ3) is 3.80. The van der Waals surface area contributed by atoms with Gasteiger partial charge >= 0.3 is 6.03 Å². The fourth-order valence-corrected chi connectivity index (χ4v) is 5.05. The molecule has 0 saturated carbocycles. The highest BCUT2D eigenvalue weighted by atomic mass is 35.5. The molecule has 2 atom stereocenters. The number of nitrogens with zero attached hydrogens (tertiary/aromatic N) is 2. The SMILES string of the molecule is CC(C)c1nnc(NC(=O)N[C@@H]2CS(=O)(=O)C[C@H]2Cl)s1. The number of anilines is 1. The lowest BCUT2D eigenvalue weighted by Crippen LogP contribution is -2.42. The van der Waals surface area contributed by atoms with Crippen molar-refractivity contribution in [2.45, 2.75) is 31.2 Å². The number of hydrogen-bond acceptors (Lipinski definition) is 6. The maximum Gasteiger partial charge on any atom is 0.321 e. The van der Waals surface area contributed by atoms with E-state index >= 15 is 0 Å². The van der Waals surface area contributed by atoms with Crippen molar-refractivity contribution in [1.82, 2.24) is 15.5 Å². The molecule has 112 valence electrons. The van der Waals surface area contributed by atoms with E-state index in [0.717, 1.165) is 5.01 Å². The second-order valence-corrected chi connectivity index (χ2v) is 8.62. The van der Waals surface area contributed by atoms with Crippen molar-refractivity contribution < 1.29 is 13.2 Å². The summed E-state index contributed by atoms with van der Waals surface area (Å²) in [5.74, 6) is -0.0177. The fraction of sp³-hybridized carbons (Fsp3) is 0.700. The lowest BCUT2D eigenvalue weighted by atomic mass is 10.2. The first-order valence-corrected chi connectivity index (χ1v) is 9.09. The highest BCUT2D eigenvalue weighted by molar-refractivity contribution is 7.91. The van der Waals surface area contributed by atoms with Gasteiger partial charge in [0.2, 0.25) is 5.13 Å². The van der Waals surface area contributed by atoms with Crippen LogP contribution in [0.1, 0.15) is 24.8 Å². The zero-order valence-corrected chi connectivity index (χ0v) is 13.3. The summed E-state index contributed by atoms with van der Waals surface area (Å²) in [5, 5.41) is 13.5. The van der Waals surface area contributed by atoms with Gasteiger partial charge in [-0.05, 0) is 0 Å². The molecular weight excluding hydrogens is 324 g/mol. The van der Waals surface area contributed by atoms with Gasteiger partial charge in [-0.25, -0.2) is 13.2 Å². The van der Waals surface area contributed by atoms with Crippen LogP contribution in [0.5, 0.6) is 0 Å². The topological polar surface area (TPSA) is 101 Å². The Bertz CT molecular complexity index is 601. The first-order chi connectivity index (χ1) is 9.27. The zero-order valence-electron chi connectivity index (χ0n) is 11.0. The van der Waals surface area contributed by atoms with Crippen LogP contribution in [0.25, 0.3) is 0 Å². The number of urea groups is 1. The van der Waals surface area contributed by atoms with E-state index in [2.05, 4.69) is 20.8 Å². The smallest absolute Gasteiger partial charge is 0.321 e. The number of nitrogens with one attached hydrogen (secondary N) is 2. The predicted molar refractivity (Wildman–Crippen MR) is 78.2 cm³/mol. The molecule has 2 amide bonds. The van der Waals surface area contributed by atoms with Crippen molar-refractivity contribution in [3.8, 4) is 0 Å². The van der Waals surface area contributed by atoms with Crippen LogP contribution < -0.4 is 10.6 Å². The molecule has 1 aliphatic heterocycles. The molecule has 1 fully saturated rings. The summed E-state index contributed by atoms with van der Waals surface area (Å²) in [6.07, 6.45) is 0. The van der Waals surface area contributed by atoms with Crippen molar-refractivity contribution in [2.24, 2.45) is 0 Å². The van der Waals surface area contributed by atoms with Crippen molar-refractivity contribution in [2.75, 3.05) is 16.8 Å². The van der Waals surface area contributed by atoms with Gasteiger partial charge in [-0.2, -0.15) is 0 Å². The first kappa shape index (κ1) is 15.5. The number of rotatable bonds is 3. The Morgan fingerprint density at radius 1 is 1.40 bits per heavy atom. The molecule has 0 spiro atoms. The molecule has 2 N–H and O–H groups in total. The maximum absolute atomic E-state index is 11.8. The number of halogens is 1. The standard InChI is InChI=1S/C10H15ClN4O3S2/c1-5(2)8-14-15-10(19-8)13-9(16)12-7-4-20(17,18)3-6(7)11/h5-7H,3-4H2,1-2H3,(H2,12,13,15,16)/t6-,7-/m1/s1. The third-order valence-electron chi connectivity index (χ3n) is 2.75. The van der Waals surface area contributed by atoms with E-state index in [1.54, 1.807) is 0 Å². The molecule has 10 heteroatoms. The predicted octanol–water partition coefficient (Wildman–Crippen LogP) is 1.19. The van der Waals surface area contributed by atoms with E-state index in [9.17, 15) is 13.2 Å². The summed E-state index contributed by atoms with van der Waals surface area (Å²) >= 11 is 7.19. The monoisotopic (exact) mass is 338 g/mol. The quantitative estimate of drug-likeness (QED) is 0.806. The van der Waals surface area contributed by atoms with Crippen molar-refractivity contribution in [1.29, 1.82) is 0 Å². The molecule has 7 nitrogen and oxygen atoms in total. The van der Waals surface area contributed by atoms with Crippen LogP contribution in [0.2, 0.25) is 0 Å². The lowest BCUT2D eigenvalue weighted by Gasteiger charge is -2.13. The van der Waals surface area contributed by atoms with Gasteiger partial charge in [0.15, 0.2) is 9.84 Å². The van der Waals surface area contributed by atoms with Gasteiger partial charge in [0.25, 0.3) is 0 Å². The normalized spacial score (nSPS) is 24.8. The van der Waals surface area contributed by atoms with Crippen LogP contribution in [0.15, 0.2) is 0 Å². The Morgan fingerprint density at radius 2 is 2.10 bits per heavy atom. The second kappa shape index (κ2) is 5.82. The summed E-state index contributed by atoms with van der Waals surface area (Å²) in [6, 6.07) is -1.11. The Morgan fingerprint density at radius 3 is 2.60 bits per heavy atom. The van der Waals surface area contributed by atoms with Crippen LogP contribution in [0.4, 0.5) is 9.93 Å². The summed E-state index contributed by atoms with van der Waals surface area (Å²) in [6.45, 7) is 3.96. The molecule has 1 aliphatic rings. The number of amides is 2. The van der Waals surface area contributed by atoms with Crippen LogP contribution in [-0.2, 0) is 9.84 Å². The maximum atomic E-state index is 11.8. The Kier molecular flexibility index (Phi) is 4.50. The van der Waals surface area contributed by atoms with E-state index in [4.69, 9.17) is 11.6 Å². The third-order valence-corrected chi connectivity index (χ3v) is 6.27. The molecule has 0 radical (unpaired) electrons. The summed E-state index contributed by atoms with van der Waals surface area (Å²) in [4.78, 5) is 11.8. The minimum Gasteiger partial charge on any atom is -0.333 e. The number of carbonyl (C=O) groups is 1. The molecule has 20 heavy (non-hydrogen) atoms. The van der Waals surface area contributed by atoms with Crippen molar-refractivity contribution in [3.63, 3.8) is 0 Å². The molecule has 1 aromatic heterocycles.